The second-order valence-corrected chi connectivity index (χ2v) is 11.8. The van der Waals surface area contributed by atoms with Gasteiger partial charge in [-0.15, -0.1) is 0 Å². The minimum Gasteiger partial charge on any atom is -0.468 e. The van der Waals surface area contributed by atoms with Crippen LogP contribution in [0.5, 0.6) is 0 Å². The van der Waals surface area contributed by atoms with Crippen LogP contribution in [0.3, 0.4) is 0 Å². The molecule has 10 nitrogen and oxygen atoms in total. The Morgan fingerprint density at radius 1 is 0.778 bits per heavy atom. The van der Waals surface area contributed by atoms with E-state index < -0.39 is 29.7 Å². The molecular formula is C35H46N2O8. The number of carbonyl (C=O) groups excluding carboxylic acids is 3. The van der Waals surface area contributed by atoms with Gasteiger partial charge in [-0.3, -0.25) is 4.79 Å². The summed E-state index contributed by atoms with van der Waals surface area (Å²) in [4.78, 5) is 35.3. The third-order valence-electron chi connectivity index (χ3n) is 7.15. The molecule has 2 heterocycles. The molecule has 4 rings (SSSR count). The maximum atomic E-state index is 12.0. The molecule has 2 atom stereocenters. The fourth-order valence-corrected chi connectivity index (χ4v) is 4.80. The number of nitrogens with two attached hydrogens (primary N) is 1. The Balaban J connectivity index is 0.000000257. The van der Waals surface area contributed by atoms with E-state index in [1.165, 1.54) is 30.9 Å². The highest BCUT2D eigenvalue weighted by Crippen LogP contribution is 2.23. The van der Waals surface area contributed by atoms with E-state index in [0.717, 1.165) is 42.7 Å². The SMILES string of the molecule is COC(=O)[C@@H](N)Cc1ccc(C2=CCOCC2)cc1.COC(=O)[C@H](Cc1ccc(C2=CCOCC2)cc1)NC(=O)OC(C)(C)C. The largest absolute Gasteiger partial charge is 0.468 e. The fraction of sp³-hybridized carbons (Fsp3) is 0.457. The lowest BCUT2D eigenvalue weighted by Crippen LogP contribution is -2.45. The zero-order valence-electron chi connectivity index (χ0n) is 26.9. The summed E-state index contributed by atoms with van der Waals surface area (Å²) in [5, 5.41) is 2.59. The molecule has 1 amide bonds. The quantitative estimate of drug-likeness (QED) is 0.303. The van der Waals surface area contributed by atoms with Crippen LogP contribution < -0.4 is 11.1 Å². The molecule has 2 aliphatic rings. The van der Waals surface area contributed by atoms with E-state index >= 15 is 0 Å². The van der Waals surface area contributed by atoms with Gasteiger partial charge in [0.05, 0.1) is 40.6 Å². The van der Waals surface area contributed by atoms with E-state index in [0.29, 0.717) is 26.1 Å². The molecule has 0 saturated carbocycles. The number of alkyl carbamates (subject to hydrolysis) is 1. The Kier molecular flexibility index (Phi) is 13.8. The normalized spacial score (nSPS) is 16.0. The molecular weight excluding hydrogens is 576 g/mol. The first kappa shape index (κ1) is 35.5. The molecule has 2 aliphatic heterocycles. The molecule has 244 valence electrons. The molecule has 45 heavy (non-hydrogen) atoms. The zero-order valence-corrected chi connectivity index (χ0v) is 26.9. The van der Waals surface area contributed by atoms with Crippen molar-refractivity contribution in [3.8, 4) is 0 Å². The van der Waals surface area contributed by atoms with Crippen molar-refractivity contribution in [2.45, 2.75) is 64.1 Å². The Morgan fingerprint density at radius 3 is 1.64 bits per heavy atom. The zero-order chi connectivity index (χ0) is 32.8. The van der Waals surface area contributed by atoms with Crippen LogP contribution in [-0.4, -0.2) is 76.4 Å². The Labute approximate surface area is 265 Å². The monoisotopic (exact) mass is 622 g/mol. The molecule has 0 aliphatic carbocycles. The highest BCUT2D eigenvalue weighted by molar-refractivity contribution is 5.81. The van der Waals surface area contributed by atoms with Crippen molar-refractivity contribution in [1.82, 2.24) is 5.32 Å². The van der Waals surface area contributed by atoms with Gasteiger partial charge in [-0.1, -0.05) is 60.7 Å². The minimum absolute atomic E-state index is 0.328. The van der Waals surface area contributed by atoms with E-state index in [1.54, 1.807) is 20.8 Å². The molecule has 10 heteroatoms. The van der Waals surface area contributed by atoms with Crippen LogP contribution in [0.4, 0.5) is 4.79 Å². The number of ether oxygens (including phenoxy) is 5. The lowest BCUT2D eigenvalue weighted by Gasteiger charge is -2.22. The molecule has 2 aromatic carbocycles. The van der Waals surface area contributed by atoms with E-state index in [2.05, 4.69) is 34.3 Å². The van der Waals surface area contributed by atoms with Gasteiger partial charge in [-0.05, 0) is 73.4 Å². The average Bonchev–Trinajstić information content (AvgIpc) is 3.04. The maximum Gasteiger partial charge on any atom is 0.408 e. The minimum atomic E-state index is -0.803. The van der Waals surface area contributed by atoms with Crippen LogP contribution in [0.2, 0.25) is 0 Å². The van der Waals surface area contributed by atoms with E-state index in [9.17, 15) is 14.4 Å². The standard InChI is InChI=1S/C20H27NO5.C15H19NO3/c1-20(2,3)26-19(23)21-17(18(22)24-4)13-14-5-7-15(8-6-14)16-9-11-25-12-10-16;1-18-15(17)14(16)10-11-2-4-12(5-3-11)13-6-8-19-9-7-13/h5-9,17H,10-13H2,1-4H3,(H,21,23);2-6,14H,7-10,16H2,1H3/t17-;14-/m00/s1. The lowest BCUT2D eigenvalue weighted by atomic mass is 9.98. The number of methoxy groups -OCH3 is 2. The topological polar surface area (TPSA) is 135 Å². The molecule has 3 N–H and O–H groups in total. The van der Waals surface area contributed by atoms with Crippen LogP contribution >= 0.6 is 0 Å². The van der Waals surface area contributed by atoms with Gasteiger partial charge in [-0.2, -0.15) is 0 Å². The average molecular weight is 623 g/mol. The van der Waals surface area contributed by atoms with Crippen molar-refractivity contribution in [1.29, 1.82) is 0 Å². The Bertz CT molecular complexity index is 1330. The van der Waals surface area contributed by atoms with Crippen molar-refractivity contribution in [2.24, 2.45) is 5.73 Å². The van der Waals surface area contributed by atoms with Crippen LogP contribution in [0.1, 0.15) is 55.9 Å². The third kappa shape index (κ3) is 12.1. The number of hydrogen-bond donors (Lipinski definition) is 2. The van der Waals surface area contributed by atoms with Crippen LogP contribution in [-0.2, 0) is 46.1 Å². The highest BCUT2D eigenvalue weighted by Gasteiger charge is 2.25. The second-order valence-electron chi connectivity index (χ2n) is 11.8. The second kappa shape index (κ2) is 17.5. The van der Waals surface area contributed by atoms with Crippen LogP contribution in [0.15, 0.2) is 60.7 Å². The number of carbonyl (C=O) groups is 3. The summed E-state index contributed by atoms with van der Waals surface area (Å²) in [6.45, 7) is 8.14. The van der Waals surface area contributed by atoms with Crippen LogP contribution in [0, 0.1) is 0 Å². The molecule has 0 bridgehead atoms. The van der Waals surface area contributed by atoms with Crippen molar-refractivity contribution in [3.05, 3.63) is 82.9 Å². The molecule has 0 saturated heterocycles. The predicted octanol–water partition coefficient (Wildman–Crippen LogP) is 4.63. The molecule has 0 fully saturated rings. The molecule has 0 aromatic heterocycles. The number of nitrogens with one attached hydrogen (secondary N) is 1. The van der Waals surface area contributed by atoms with E-state index in [4.69, 9.17) is 24.7 Å². The van der Waals surface area contributed by atoms with Gasteiger partial charge in [0.15, 0.2) is 0 Å². The molecule has 0 radical (unpaired) electrons. The number of esters is 2. The first-order chi connectivity index (χ1) is 21.5. The summed E-state index contributed by atoms with van der Waals surface area (Å²) in [7, 11) is 2.65. The smallest absolute Gasteiger partial charge is 0.408 e. The first-order valence-electron chi connectivity index (χ1n) is 15.1. The number of rotatable bonds is 9. The van der Waals surface area contributed by atoms with Gasteiger partial charge in [0.1, 0.15) is 17.7 Å². The third-order valence-corrected chi connectivity index (χ3v) is 7.15. The Hall–Kier alpha value is -3.99. The molecule has 0 spiro atoms. The molecule has 0 unspecified atom stereocenters. The van der Waals surface area contributed by atoms with Crippen molar-refractivity contribution in [2.75, 3.05) is 40.6 Å². The summed E-state index contributed by atoms with van der Waals surface area (Å²) in [5.74, 6) is -0.886. The van der Waals surface area contributed by atoms with Gasteiger partial charge in [0, 0.05) is 6.42 Å². The number of hydrogen-bond acceptors (Lipinski definition) is 9. The van der Waals surface area contributed by atoms with Crippen molar-refractivity contribution >= 4 is 29.2 Å². The predicted molar refractivity (Wildman–Crippen MR) is 172 cm³/mol. The summed E-state index contributed by atoms with van der Waals surface area (Å²) in [5.41, 5.74) is 12.0. The van der Waals surface area contributed by atoms with Gasteiger partial charge in [-0.25, -0.2) is 9.59 Å². The van der Waals surface area contributed by atoms with E-state index in [-0.39, 0.29) is 5.97 Å². The summed E-state index contributed by atoms with van der Waals surface area (Å²) >= 11 is 0. The van der Waals surface area contributed by atoms with Gasteiger partial charge >= 0.3 is 18.0 Å². The van der Waals surface area contributed by atoms with E-state index in [1.807, 2.05) is 36.4 Å². The summed E-state index contributed by atoms with van der Waals surface area (Å²) in [6.07, 6.45) is 6.21. The Morgan fingerprint density at radius 2 is 1.24 bits per heavy atom. The summed E-state index contributed by atoms with van der Waals surface area (Å²) in [6, 6.07) is 14.7. The first-order valence-corrected chi connectivity index (χ1v) is 15.1. The van der Waals surface area contributed by atoms with Gasteiger partial charge in [0.2, 0.25) is 0 Å². The maximum absolute atomic E-state index is 12.0. The van der Waals surface area contributed by atoms with Crippen molar-refractivity contribution in [3.63, 3.8) is 0 Å². The van der Waals surface area contributed by atoms with Gasteiger partial charge in [0.25, 0.3) is 0 Å². The number of benzene rings is 2. The van der Waals surface area contributed by atoms with Gasteiger partial charge < -0.3 is 34.7 Å². The fourth-order valence-electron chi connectivity index (χ4n) is 4.80. The highest BCUT2D eigenvalue weighted by atomic mass is 16.6. The van der Waals surface area contributed by atoms with Crippen molar-refractivity contribution < 1.29 is 38.1 Å². The number of amides is 1. The molecule has 2 aromatic rings. The summed E-state index contributed by atoms with van der Waals surface area (Å²) < 4.78 is 25.3. The lowest BCUT2D eigenvalue weighted by molar-refractivity contribution is -0.143. The van der Waals surface area contributed by atoms with Crippen LogP contribution in [0.25, 0.3) is 11.1 Å².